The molecule has 0 aliphatic rings. The van der Waals surface area contributed by atoms with Crippen LogP contribution in [0.3, 0.4) is 0 Å². The van der Waals surface area contributed by atoms with E-state index in [1.807, 2.05) is 0 Å². The van der Waals surface area contributed by atoms with Gasteiger partial charge >= 0.3 is 17.4 Å². The maximum absolute atomic E-state index is 10.2. The molecule has 0 unspecified atom stereocenters. The van der Waals surface area contributed by atoms with Gasteiger partial charge in [-0.1, -0.05) is 0 Å². The lowest BCUT2D eigenvalue weighted by molar-refractivity contribution is -0.386. The van der Waals surface area contributed by atoms with E-state index in [0.717, 1.165) is 12.1 Å². The van der Waals surface area contributed by atoms with E-state index in [1.54, 1.807) is 0 Å². The molecule has 1 aromatic carbocycles. The molecule has 0 aromatic heterocycles. The van der Waals surface area contributed by atoms with Crippen molar-refractivity contribution < 1.29 is 14.2 Å². The van der Waals surface area contributed by atoms with Gasteiger partial charge in [-0.05, 0) is 6.07 Å². The zero-order chi connectivity index (χ0) is 9.14. The lowest BCUT2D eigenvalue weighted by Gasteiger charge is -1.91. The van der Waals surface area contributed by atoms with E-state index in [0.29, 0.717) is 0 Å². The van der Waals surface area contributed by atoms with Gasteiger partial charge in [0.1, 0.15) is 0 Å². The molecule has 0 amide bonds. The van der Waals surface area contributed by atoms with E-state index in [4.69, 9.17) is 5.11 Å². The molecule has 0 bridgehead atoms. The first-order chi connectivity index (χ1) is 5.65. The van der Waals surface area contributed by atoms with Gasteiger partial charge in [0, 0.05) is 10.3 Å². The van der Waals surface area contributed by atoms with E-state index in [-0.39, 0.29) is 16.6 Å². The molecule has 1 rings (SSSR count). The summed E-state index contributed by atoms with van der Waals surface area (Å²) in [5, 5.41) is 19.2. The van der Waals surface area contributed by atoms with Crippen LogP contribution in [0.15, 0.2) is 23.1 Å². The molecular weight excluding hydrogens is 182 g/mol. The number of rotatable bonds is 2. The van der Waals surface area contributed by atoms with Crippen LogP contribution in [0.4, 0.5) is 5.69 Å². The molecule has 62 valence electrons. The molecule has 1 N–H and O–H groups in total. The van der Waals surface area contributed by atoms with Gasteiger partial charge in [0.25, 0.3) is 4.90 Å². The summed E-state index contributed by atoms with van der Waals surface area (Å²) in [5.74, 6) is -0.433. The van der Waals surface area contributed by atoms with Crippen molar-refractivity contribution in [3.8, 4) is 5.75 Å². The van der Waals surface area contributed by atoms with Crippen molar-refractivity contribution in [1.82, 2.24) is 0 Å². The van der Waals surface area contributed by atoms with Crippen LogP contribution in [0.1, 0.15) is 0 Å². The molecule has 12 heavy (non-hydrogen) atoms. The Hall–Kier alpha value is -1.56. The van der Waals surface area contributed by atoms with Crippen LogP contribution in [-0.2, 0) is 15.9 Å². The monoisotopic (exact) mass is 186 g/mol. The van der Waals surface area contributed by atoms with Crippen molar-refractivity contribution in [2.45, 2.75) is 4.90 Å². The number of benzene rings is 1. The fraction of sp³-hybridized carbons (Fsp3) is 0. The number of phenols is 1. The van der Waals surface area contributed by atoms with Gasteiger partial charge in [-0.15, -0.1) is 0 Å². The number of nitrogens with zero attached hydrogens (tertiary/aromatic N) is 1. The van der Waals surface area contributed by atoms with Crippen LogP contribution in [0.25, 0.3) is 0 Å². The molecule has 5 nitrogen and oxygen atoms in total. The van der Waals surface area contributed by atoms with Crippen molar-refractivity contribution >= 4 is 17.4 Å². The maximum Gasteiger partial charge on any atom is 0.505 e. The number of hydrogen-bond acceptors (Lipinski definition) is 4. The van der Waals surface area contributed by atoms with Crippen LogP contribution in [0.5, 0.6) is 5.75 Å². The smallest absolute Gasteiger partial charge is 0.502 e. The van der Waals surface area contributed by atoms with Crippen LogP contribution in [-0.4, -0.2) is 10.0 Å². The van der Waals surface area contributed by atoms with E-state index >= 15 is 0 Å². The molecule has 0 spiro atoms. The minimum absolute atomic E-state index is 0.144. The Kier molecular flexibility index (Phi) is 2.29. The van der Waals surface area contributed by atoms with E-state index < -0.39 is 16.4 Å². The summed E-state index contributed by atoms with van der Waals surface area (Å²) in [6.07, 6.45) is 0. The number of nitro groups is 1. The molecule has 0 aliphatic carbocycles. The zero-order valence-corrected chi connectivity index (χ0v) is 6.58. The van der Waals surface area contributed by atoms with Gasteiger partial charge in [0.05, 0.1) is 11.0 Å². The molecule has 1 aromatic rings. The number of phenolic OH excluding ortho intramolecular Hbond substituents is 1. The largest absolute Gasteiger partial charge is 0.505 e. The van der Waals surface area contributed by atoms with Crippen molar-refractivity contribution in [3.05, 3.63) is 28.3 Å². The van der Waals surface area contributed by atoms with Gasteiger partial charge < -0.3 is 5.11 Å². The highest BCUT2D eigenvalue weighted by molar-refractivity contribution is 7.65. The zero-order valence-electron chi connectivity index (χ0n) is 5.76. The Balaban J connectivity index is 3.25. The maximum atomic E-state index is 10.2. The molecule has 0 saturated heterocycles. The highest BCUT2D eigenvalue weighted by atomic mass is 32.1. The van der Waals surface area contributed by atoms with E-state index in [2.05, 4.69) is 0 Å². The standard InChI is InChI=1S/C6H3NO4S/c8-6-2-1-4(12-11)3-5(6)7(9)10/h1-3H/p+1. The highest BCUT2D eigenvalue weighted by Crippen LogP contribution is 2.26. The summed E-state index contributed by atoms with van der Waals surface area (Å²) in [7, 11) is 0. The molecular formula is C6H4NO4S+. The first-order valence-corrected chi connectivity index (χ1v) is 3.66. The fourth-order valence-corrected chi connectivity index (χ4v) is 0.985. The first kappa shape index (κ1) is 8.54. The summed E-state index contributed by atoms with van der Waals surface area (Å²) < 4.78 is 10.2. The average Bonchev–Trinajstić information content (AvgIpc) is 2.05. The molecule has 0 heterocycles. The molecule has 0 aliphatic heterocycles. The minimum Gasteiger partial charge on any atom is -0.502 e. The van der Waals surface area contributed by atoms with Gasteiger partial charge in [-0.2, -0.15) is 0 Å². The predicted molar refractivity (Wildman–Crippen MR) is 41.1 cm³/mol. The van der Waals surface area contributed by atoms with Crippen molar-refractivity contribution in [2.75, 3.05) is 0 Å². The third-order valence-electron chi connectivity index (χ3n) is 1.24. The molecule has 0 fully saturated rings. The van der Waals surface area contributed by atoms with Gasteiger partial charge in [0.15, 0.2) is 5.75 Å². The molecule has 6 heteroatoms. The SMILES string of the molecule is O=[S+]c1ccc(O)c([N+](=O)[O-])c1. The average molecular weight is 186 g/mol. The van der Waals surface area contributed by atoms with Gasteiger partial charge in [0.2, 0.25) is 0 Å². The number of nitro benzene ring substituents is 1. The lowest BCUT2D eigenvalue weighted by Crippen LogP contribution is -1.88. The molecule has 0 atom stereocenters. The summed E-state index contributed by atoms with van der Waals surface area (Å²) in [5.41, 5.74) is -0.448. The van der Waals surface area contributed by atoms with Crippen molar-refractivity contribution in [3.63, 3.8) is 0 Å². The lowest BCUT2D eigenvalue weighted by atomic mass is 10.3. The van der Waals surface area contributed by atoms with Gasteiger partial charge in [-0.25, -0.2) is 0 Å². The van der Waals surface area contributed by atoms with Gasteiger partial charge in [-0.3, -0.25) is 10.1 Å². The summed E-state index contributed by atoms with van der Waals surface area (Å²) >= 11 is 0.144. The van der Waals surface area contributed by atoms with Crippen LogP contribution < -0.4 is 0 Å². The minimum atomic E-state index is -0.741. The Bertz CT molecular complexity index is 338. The second kappa shape index (κ2) is 3.22. The Morgan fingerprint density at radius 1 is 1.50 bits per heavy atom. The second-order valence-electron chi connectivity index (χ2n) is 1.99. The summed E-state index contributed by atoms with van der Waals surface area (Å²) in [6, 6.07) is 3.48. The van der Waals surface area contributed by atoms with Crippen molar-refractivity contribution in [1.29, 1.82) is 0 Å². The third-order valence-corrected chi connectivity index (χ3v) is 1.69. The molecule has 0 saturated carbocycles. The molecule has 0 radical (unpaired) electrons. The highest BCUT2D eigenvalue weighted by Gasteiger charge is 2.18. The van der Waals surface area contributed by atoms with Crippen LogP contribution >= 0.6 is 0 Å². The van der Waals surface area contributed by atoms with Crippen LogP contribution in [0, 0.1) is 10.1 Å². The summed E-state index contributed by atoms with van der Waals surface area (Å²) in [6.45, 7) is 0. The quantitative estimate of drug-likeness (QED) is 0.426. The van der Waals surface area contributed by atoms with Crippen LogP contribution in [0.2, 0.25) is 0 Å². The normalized spacial score (nSPS) is 9.33. The second-order valence-corrected chi connectivity index (χ2v) is 2.63. The Morgan fingerprint density at radius 2 is 2.17 bits per heavy atom. The Labute approximate surface area is 71.3 Å². The van der Waals surface area contributed by atoms with Crippen molar-refractivity contribution in [2.24, 2.45) is 0 Å². The van der Waals surface area contributed by atoms with E-state index in [9.17, 15) is 14.3 Å². The topological polar surface area (TPSA) is 80.4 Å². The summed E-state index contributed by atoms with van der Waals surface area (Å²) in [4.78, 5) is 9.69. The number of aromatic hydroxyl groups is 1. The van der Waals surface area contributed by atoms with E-state index in [1.165, 1.54) is 6.07 Å². The first-order valence-electron chi connectivity index (χ1n) is 2.92. The predicted octanol–water partition coefficient (Wildman–Crippen LogP) is 1.09. The Morgan fingerprint density at radius 3 is 2.67 bits per heavy atom. The fourth-order valence-electron chi connectivity index (χ4n) is 0.701. The number of hydrogen-bond donors (Lipinski definition) is 1. The third kappa shape index (κ3) is 1.54.